The predicted molar refractivity (Wildman–Crippen MR) is 65.4 cm³/mol. The molecule has 0 unspecified atom stereocenters. The summed E-state index contributed by atoms with van der Waals surface area (Å²) in [6, 6.07) is 3.62. The minimum absolute atomic E-state index is 0. The fourth-order valence-corrected chi connectivity index (χ4v) is 1.76. The van der Waals surface area contributed by atoms with E-state index in [0.717, 1.165) is 19.2 Å². The maximum Gasteiger partial charge on any atom is 0.271 e. The molecule has 0 spiro atoms. The van der Waals surface area contributed by atoms with Crippen molar-refractivity contribution < 1.29 is 9.31 Å². The Hall–Kier alpha value is -1.40. The van der Waals surface area contributed by atoms with Crippen LogP contribution in [0.2, 0.25) is 0 Å². The summed E-state index contributed by atoms with van der Waals surface area (Å²) in [6.45, 7) is 2.86. The largest absolute Gasteiger partial charge is 0.366 e. The van der Waals surface area contributed by atoms with E-state index < -0.39 is 10.7 Å². The summed E-state index contributed by atoms with van der Waals surface area (Å²) in [7, 11) is 0. The zero-order valence-corrected chi connectivity index (χ0v) is 9.87. The van der Waals surface area contributed by atoms with Crippen molar-refractivity contribution >= 4 is 23.8 Å². The molecule has 0 aliphatic carbocycles. The van der Waals surface area contributed by atoms with E-state index in [1.165, 1.54) is 12.1 Å². The van der Waals surface area contributed by atoms with Crippen molar-refractivity contribution in [3.63, 3.8) is 0 Å². The van der Waals surface area contributed by atoms with Gasteiger partial charge in [-0.2, -0.15) is 0 Å². The fourth-order valence-electron chi connectivity index (χ4n) is 1.76. The Morgan fingerprint density at radius 2 is 2.00 bits per heavy atom. The van der Waals surface area contributed by atoms with Gasteiger partial charge in [0.2, 0.25) is 0 Å². The number of non-ortho nitro benzene ring substituents is 1. The molecule has 94 valence electrons. The molecule has 0 saturated carbocycles. The Kier molecular flexibility index (Phi) is 4.65. The molecular formula is C10H13ClFN3O2. The zero-order valence-electron chi connectivity index (χ0n) is 9.06. The SMILES string of the molecule is Cl.O=[N+]([O-])c1ccc(F)c(N2CCNCC2)c1. The van der Waals surface area contributed by atoms with E-state index in [9.17, 15) is 14.5 Å². The lowest BCUT2D eigenvalue weighted by Gasteiger charge is -2.29. The van der Waals surface area contributed by atoms with Crippen LogP contribution in [-0.2, 0) is 0 Å². The lowest BCUT2D eigenvalue weighted by molar-refractivity contribution is -0.384. The van der Waals surface area contributed by atoms with Gasteiger partial charge in [-0.25, -0.2) is 4.39 Å². The van der Waals surface area contributed by atoms with Crippen LogP contribution >= 0.6 is 12.4 Å². The van der Waals surface area contributed by atoms with Crippen LogP contribution in [0.3, 0.4) is 0 Å². The van der Waals surface area contributed by atoms with Gasteiger partial charge in [0.25, 0.3) is 5.69 Å². The molecule has 0 amide bonds. The molecule has 0 bridgehead atoms. The Morgan fingerprint density at radius 1 is 1.35 bits per heavy atom. The van der Waals surface area contributed by atoms with Crippen molar-refractivity contribution in [3.05, 3.63) is 34.1 Å². The molecule has 5 nitrogen and oxygen atoms in total. The van der Waals surface area contributed by atoms with E-state index in [2.05, 4.69) is 5.32 Å². The number of anilines is 1. The van der Waals surface area contributed by atoms with Crippen LogP contribution in [0.5, 0.6) is 0 Å². The van der Waals surface area contributed by atoms with Gasteiger partial charge in [0, 0.05) is 38.3 Å². The average Bonchev–Trinajstić information content (AvgIpc) is 2.30. The second-order valence-electron chi connectivity index (χ2n) is 3.63. The van der Waals surface area contributed by atoms with Crippen molar-refractivity contribution in [2.75, 3.05) is 31.1 Å². The third kappa shape index (κ3) is 3.04. The Balaban J connectivity index is 0.00000144. The standard InChI is InChI=1S/C10H12FN3O2.ClH/c11-9-2-1-8(14(15)16)7-10(9)13-5-3-12-4-6-13;/h1-2,7,12H,3-6H2;1H. The average molecular weight is 262 g/mol. The number of nitrogens with one attached hydrogen (secondary N) is 1. The summed E-state index contributed by atoms with van der Waals surface area (Å²) >= 11 is 0. The second kappa shape index (κ2) is 5.79. The van der Waals surface area contributed by atoms with E-state index in [1.807, 2.05) is 4.90 Å². The van der Waals surface area contributed by atoms with Crippen LogP contribution in [0, 0.1) is 15.9 Å². The molecule has 7 heteroatoms. The van der Waals surface area contributed by atoms with Crippen LogP contribution in [0.25, 0.3) is 0 Å². The van der Waals surface area contributed by atoms with Gasteiger partial charge in [0.05, 0.1) is 10.6 Å². The van der Waals surface area contributed by atoms with E-state index in [1.54, 1.807) is 0 Å². The van der Waals surface area contributed by atoms with Gasteiger partial charge < -0.3 is 10.2 Å². The number of rotatable bonds is 2. The number of hydrogen-bond acceptors (Lipinski definition) is 4. The molecule has 1 aliphatic heterocycles. The van der Waals surface area contributed by atoms with E-state index in [-0.39, 0.29) is 18.1 Å². The number of nitro groups is 1. The molecule has 0 aromatic heterocycles. The number of nitrogens with zero attached hydrogens (tertiary/aromatic N) is 2. The highest BCUT2D eigenvalue weighted by atomic mass is 35.5. The molecule has 0 radical (unpaired) electrons. The topological polar surface area (TPSA) is 58.4 Å². The second-order valence-corrected chi connectivity index (χ2v) is 3.63. The normalized spacial score (nSPS) is 15.2. The number of benzene rings is 1. The molecule has 17 heavy (non-hydrogen) atoms. The number of nitro benzene ring substituents is 1. The van der Waals surface area contributed by atoms with Crippen LogP contribution in [0.1, 0.15) is 0 Å². The van der Waals surface area contributed by atoms with Crippen molar-refractivity contribution in [2.45, 2.75) is 0 Å². The van der Waals surface area contributed by atoms with Gasteiger partial charge in [-0.1, -0.05) is 0 Å². The first-order valence-electron chi connectivity index (χ1n) is 5.08. The number of piperazine rings is 1. The van der Waals surface area contributed by atoms with Gasteiger partial charge in [-0.05, 0) is 6.07 Å². The highest BCUT2D eigenvalue weighted by Crippen LogP contribution is 2.25. The molecule has 1 N–H and O–H groups in total. The van der Waals surface area contributed by atoms with E-state index >= 15 is 0 Å². The molecular weight excluding hydrogens is 249 g/mol. The third-order valence-corrected chi connectivity index (χ3v) is 2.60. The summed E-state index contributed by atoms with van der Waals surface area (Å²) in [5.41, 5.74) is 0.241. The van der Waals surface area contributed by atoms with Gasteiger partial charge in [0.15, 0.2) is 0 Å². The van der Waals surface area contributed by atoms with E-state index in [4.69, 9.17) is 0 Å². The minimum atomic E-state index is -0.509. The van der Waals surface area contributed by atoms with Crippen LogP contribution < -0.4 is 10.2 Å². The van der Waals surface area contributed by atoms with Crippen LogP contribution in [0.4, 0.5) is 15.8 Å². The summed E-state index contributed by atoms with van der Waals surface area (Å²) in [6.07, 6.45) is 0. The smallest absolute Gasteiger partial charge is 0.271 e. The molecule has 0 atom stereocenters. The van der Waals surface area contributed by atoms with Crippen LogP contribution in [0.15, 0.2) is 18.2 Å². The molecule has 1 fully saturated rings. The van der Waals surface area contributed by atoms with Crippen molar-refractivity contribution in [1.82, 2.24) is 5.32 Å². The quantitative estimate of drug-likeness (QED) is 0.648. The monoisotopic (exact) mass is 261 g/mol. The predicted octanol–water partition coefficient (Wildman–Crippen LogP) is 1.57. The lowest BCUT2D eigenvalue weighted by Crippen LogP contribution is -2.43. The molecule has 2 rings (SSSR count). The molecule has 1 heterocycles. The summed E-state index contributed by atoms with van der Waals surface area (Å²) in [4.78, 5) is 11.9. The highest BCUT2D eigenvalue weighted by Gasteiger charge is 2.17. The highest BCUT2D eigenvalue weighted by molar-refractivity contribution is 5.85. The summed E-state index contributed by atoms with van der Waals surface area (Å²) in [5.74, 6) is -0.410. The van der Waals surface area contributed by atoms with Crippen molar-refractivity contribution in [2.24, 2.45) is 0 Å². The first kappa shape index (κ1) is 13.7. The Morgan fingerprint density at radius 3 is 2.59 bits per heavy atom. The third-order valence-electron chi connectivity index (χ3n) is 2.60. The lowest BCUT2D eigenvalue weighted by atomic mass is 10.2. The van der Waals surface area contributed by atoms with Gasteiger partial charge in [-0.3, -0.25) is 10.1 Å². The molecule has 1 aliphatic rings. The van der Waals surface area contributed by atoms with Gasteiger partial charge in [-0.15, -0.1) is 12.4 Å². The van der Waals surface area contributed by atoms with Crippen LogP contribution in [-0.4, -0.2) is 31.1 Å². The molecule has 1 aromatic carbocycles. The first-order valence-corrected chi connectivity index (χ1v) is 5.08. The number of halogens is 2. The Labute approximate surface area is 104 Å². The number of hydrogen-bond donors (Lipinski definition) is 1. The summed E-state index contributed by atoms with van der Waals surface area (Å²) < 4.78 is 13.5. The zero-order chi connectivity index (χ0) is 11.5. The van der Waals surface area contributed by atoms with Crippen molar-refractivity contribution in [3.8, 4) is 0 Å². The maximum atomic E-state index is 13.5. The first-order chi connectivity index (χ1) is 7.68. The Bertz CT molecular complexity index is 411. The minimum Gasteiger partial charge on any atom is -0.366 e. The molecule has 1 saturated heterocycles. The van der Waals surface area contributed by atoms with E-state index in [0.29, 0.717) is 18.8 Å². The van der Waals surface area contributed by atoms with Gasteiger partial charge >= 0.3 is 0 Å². The molecule has 1 aromatic rings. The fraction of sp³-hybridized carbons (Fsp3) is 0.400. The van der Waals surface area contributed by atoms with Gasteiger partial charge in [0.1, 0.15) is 5.82 Å². The maximum absolute atomic E-state index is 13.5. The van der Waals surface area contributed by atoms with Crippen molar-refractivity contribution in [1.29, 1.82) is 0 Å². The summed E-state index contributed by atoms with van der Waals surface area (Å²) in [5, 5.41) is 13.7.